The van der Waals surface area contributed by atoms with Gasteiger partial charge in [0.25, 0.3) is 0 Å². The van der Waals surface area contributed by atoms with Gasteiger partial charge in [-0.05, 0) is 25.0 Å². The molecule has 2 heterocycles. The van der Waals surface area contributed by atoms with Crippen LogP contribution in [-0.2, 0) is 4.74 Å². The lowest BCUT2D eigenvalue weighted by Gasteiger charge is -2.21. The zero-order valence-electron chi connectivity index (χ0n) is 7.57. The van der Waals surface area contributed by atoms with Gasteiger partial charge in [-0.25, -0.2) is 0 Å². The molecule has 70 valence electrons. The van der Waals surface area contributed by atoms with Crippen molar-refractivity contribution in [3.63, 3.8) is 0 Å². The van der Waals surface area contributed by atoms with E-state index in [-0.39, 0.29) is 0 Å². The molecule has 0 atom stereocenters. The maximum absolute atomic E-state index is 5.57. The van der Waals surface area contributed by atoms with Crippen LogP contribution in [0.2, 0.25) is 0 Å². The number of nitrogen functional groups attached to an aromatic ring is 1. The maximum atomic E-state index is 5.57. The molecule has 0 saturated carbocycles. The summed E-state index contributed by atoms with van der Waals surface area (Å²) < 4.78 is 5.29. The molecular weight excluding hydrogens is 164 g/mol. The second kappa shape index (κ2) is 3.75. The summed E-state index contributed by atoms with van der Waals surface area (Å²) in [5.41, 5.74) is 7.45. The van der Waals surface area contributed by atoms with Crippen LogP contribution in [0, 0.1) is 0 Å². The predicted octanol–water partition coefficient (Wildman–Crippen LogP) is 1.56. The topological polar surface area (TPSA) is 48.1 Å². The van der Waals surface area contributed by atoms with Gasteiger partial charge in [-0.3, -0.25) is 4.98 Å². The molecule has 13 heavy (non-hydrogen) atoms. The van der Waals surface area contributed by atoms with Crippen LogP contribution < -0.4 is 5.73 Å². The number of pyridine rings is 1. The molecule has 0 bridgehead atoms. The summed E-state index contributed by atoms with van der Waals surface area (Å²) in [5.74, 6) is 0.564. The van der Waals surface area contributed by atoms with Gasteiger partial charge in [-0.2, -0.15) is 0 Å². The lowest BCUT2D eigenvalue weighted by Crippen LogP contribution is -2.15. The van der Waals surface area contributed by atoms with Crippen LogP contribution in [0.1, 0.15) is 24.5 Å². The molecule has 0 aromatic carbocycles. The average molecular weight is 178 g/mol. The molecule has 1 fully saturated rings. The van der Waals surface area contributed by atoms with E-state index in [9.17, 15) is 0 Å². The summed E-state index contributed by atoms with van der Waals surface area (Å²) in [6.45, 7) is 1.72. The van der Waals surface area contributed by atoms with Gasteiger partial charge in [-0.1, -0.05) is 0 Å². The van der Waals surface area contributed by atoms with E-state index in [0.29, 0.717) is 5.92 Å². The zero-order chi connectivity index (χ0) is 9.10. The standard InChI is InChI=1S/C10H14N2O/c11-9-1-2-10(12-7-9)8-3-5-13-6-4-8/h1-2,7-8H,3-6,11H2. The third kappa shape index (κ3) is 1.98. The molecule has 0 radical (unpaired) electrons. The second-order valence-electron chi connectivity index (χ2n) is 3.40. The number of nitrogens with two attached hydrogens (primary N) is 1. The molecule has 0 aliphatic carbocycles. The smallest absolute Gasteiger partial charge is 0.0501 e. The Morgan fingerprint density at radius 2 is 2.08 bits per heavy atom. The first-order valence-corrected chi connectivity index (χ1v) is 4.65. The number of rotatable bonds is 1. The fourth-order valence-corrected chi connectivity index (χ4v) is 1.65. The highest BCUT2D eigenvalue weighted by molar-refractivity contribution is 5.35. The van der Waals surface area contributed by atoms with Gasteiger partial charge < -0.3 is 10.5 Å². The van der Waals surface area contributed by atoms with Gasteiger partial charge in [0.05, 0.1) is 11.9 Å². The molecule has 0 unspecified atom stereocenters. The van der Waals surface area contributed by atoms with E-state index in [1.165, 1.54) is 0 Å². The highest BCUT2D eigenvalue weighted by atomic mass is 16.5. The molecule has 3 heteroatoms. The van der Waals surface area contributed by atoms with Crippen LogP contribution in [0.15, 0.2) is 18.3 Å². The number of nitrogens with zero attached hydrogens (tertiary/aromatic N) is 1. The molecule has 3 nitrogen and oxygen atoms in total. The Hall–Kier alpha value is -1.09. The van der Waals surface area contributed by atoms with Crippen molar-refractivity contribution in [2.45, 2.75) is 18.8 Å². The van der Waals surface area contributed by atoms with E-state index in [4.69, 9.17) is 10.5 Å². The second-order valence-corrected chi connectivity index (χ2v) is 3.40. The van der Waals surface area contributed by atoms with Gasteiger partial charge in [0.1, 0.15) is 0 Å². The van der Waals surface area contributed by atoms with E-state index < -0.39 is 0 Å². The number of hydrogen-bond donors (Lipinski definition) is 1. The molecule has 1 aliphatic rings. The summed E-state index contributed by atoms with van der Waals surface area (Å²) in [6.07, 6.45) is 3.89. The Morgan fingerprint density at radius 1 is 1.31 bits per heavy atom. The van der Waals surface area contributed by atoms with Crippen molar-refractivity contribution in [3.8, 4) is 0 Å². The fourth-order valence-electron chi connectivity index (χ4n) is 1.65. The van der Waals surface area contributed by atoms with Crippen LogP contribution in [0.25, 0.3) is 0 Å². The molecule has 1 aromatic heterocycles. The van der Waals surface area contributed by atoms with Crippen LogP contribution in [0.4, 0.5) is 5.69 Å². The molecule has 0 amide bonds. The summed E-state index contributed by atoms with van der Waals surface area (Å²) in [6, 6.07) is 3.93. The summed E-state index contributed by atoms with van der Waals surface area (Å²) in [4.78, 5) is 4.32. The molecular formula is C10H14N2O. The molecule has 2 rings (SSSR count). The van der Waals surface area contributed by atoms with Crippen LogP contribution in [0.5, 0.6) is 0 Å². The van der Waals surface area contributed by atoms with Gasteiger partial charge in [0, 0.05) is 24.8 Å². The van der Waals surface area contributed by atoms with Crippen molar-refractivity contribution in [3.05, 3.63) is 24.0 Å². The first-order chi connectivity index (χ1) is 6.36. The van der Waals surface area contributed by atoms with E-state index in [1.807, 2.05) is 12.1 Å². The summed E-state index contributed by atoms with van der Waals surface area (Å²) in [7, 11) is 0. The van der Waals surface area contributed by atoms with E-state index in [1.54, 1.807) is 6.20 Å². The van der Waals surface area contributed by atoms with Crippen molar-refractivity contribution >= 4 is 5.69 Å². The van der Waals surface area contributed by atoms with E-state index in [0.717, 1.165) is 37.4 Å². The first-order valence-electron chi connectivity index (χ1n) is 4.65. The molecule has 2 N–H and O–H groups in total. The average Bonchev–Trinajstić information content (AvgIpc) is 2.20. The summed E-state index contributed by atoms with van der Waals surface area (Å²) in [5, 5.41) is 0. The zero-order valence-corrected chi connectivity index (χ0v) is 7.57. The fraction of sp³-hybridized carbons (Fsp3) is 0.500. The first kappa shape index (κ1) is 8.51. The van der Waals surface area contributed by atoms with Crippen LogP contribution in [0.3, 0.4) is 0 Å². The highest BCUT2D eigenvalue weighted by Crippen LogP contribution is 2.25. The Bertz CT molecular complexity index is 265. The monoisotopic (exact) mass is 178 g/mol. The van der Waals surface area contributed by atoms with Crippen molar-refractivity contribution in [2.24, 2.45) is 0 Å². The normalized spacial score (nSPS) is 18.8. The third-order valence-electron chi connectivity index (χ3n) is 2.45. The SMILES string of the molecule is Nc1ccc(C2CCOCC2)nc1. The lowest BCUT2D eigenvalue weighted by molar-refractivity contribution is 0.0845. The molecule has 1 aromatic rings. The minimum Gasteiger partial charge on any atom is -0.397 e. The molecule has 1 aliphatic heterocycles. The third-order valence-corrected chi connectivity index (χ3v) is 2.45. The van der Waals surface area contributed by atoms with Crippen molar-refractivity contribution in [2.75, 3.05) is 18.9 Å². The predicted molar refractivity (Wildman–Crippen MR) is 51.4 cm³/mol. The quantitative estimate of drug-likeness (QED) is 0.710. The van der Waals surface area contributed by atoms with Crippen LogP contribution in [-0.4, -0.2) is 18.2 Å². The molecule has 1 saturated heterocycles. The Morgan fingerprint density at radius 3 is 2.69 bits per heavy atom. The van der Waals surface area contributed by atoms with Crippen molar-refractivity contribution < 1.29 is 4.74 Å². The van der Waals surface area contributed by atoms with Crippen LogP contribution >= 0.6 is 0 Å². The highest BCUT2D eigenvalue weighted by Gasteiger charge is 2.16. The Labute approximate surface area is 77.9 Å². The van der Waals surface area contributed by atoms with Gasteiger partial charge in [0.15, 0.2) is 0 Å². The number of hydrogen-bond acceptors (Lipinski definition) is 3. The Kier molecular flexibility index (Phi) is 2.45. The summed E-state index contributed by atoms with van der Waals surface area (Å²) >= 11 is 0. The number of anilines is 1. The minimum atomic E-state index is 0.564. The number of ether oxygens (including phenoxy) is 1. The lowest BCUT2D eigenvalue weighted by atomic mass is 9.96. The molecule has 0 spiro atoms. The maximum Gasteiger partial charge on any atom is 0.0501 e. The van der Waals surface area contributed by atoms with Crippen molar-refractivity contribution in [1.29, 1.82) is 0 Å². The van der Waals surface area contributed by atoms with E-state index >= 15 is 0 Å². The van der Waals surface area contributed by atoms with Crippen molar-refractivity contribution in [1.82, 2.24) is 4.98 Å². The van der Waals surface area contributed by atoms with Gasteiger partial charge in [0.2, 0.25) is 0 Å². The Balaban J connectivity index is 2.10. The van der Waals surface area contributed by atoms with E-state index in [2.05, 4.69) is 4.98 Å². The number of aromatic nitrogens is 1. The largest absolute Gasteiger partial charge is 0.397 e. The minimum absolute atomic E-state index is 0.564. The van der Waals surface area contributed by atoms with Gasteiger partial charge in [-0.15, -0.1) is 0 Å². The van der Waals surface area contributed by atoms with Gasteiger partial charge >= 0.3 is 0 Å².